The predicted molar refractivity (Wildman–Crippen MR) is 145 cm³/mol. The van der Waals surface area contributed by atoms with E-state index in [0.717, 1.165) is 16.6 Å². The van der Waals surface area contributed by atoms with Crippen LogP contribution in [0.2, 0.25) is 0 Å². The number of nitrogens with one attached hydrogen (secondary N) is 2. The topological polar surface area (TPSA) is 123 Å². The lowest BCUT2D eigenvalue weighted by atomic mass is 10.1. The first-order chi connectivity index (χ1) is 18.4. The Morgan fingerprint density at radius 2 is 1.74 bits per heavy atom. The zero-order chi connectivity index (χ0) is 26.8. The highest BCUT2D eigenvalue weighted by Crippen LogP contribution is 2.38. The van der Waals surface area contributed by atoms with Crippen molar-refractivity contribution in [3.63, 3.8) is 0 Å². The van der Waals surface area contributed by atoms with E-state index in [4.69, 9.17) is 14.2 Å². The van der Waals surface area contributed by atoms with E-state index in [1.165, 1.54) is 14.2 Å². The Morgan fingerprint density at radius 1 is 0.947 bits per heavy atom. The number of pyridine rings is 2. The Balaban J connectivity index is 1.49. The molecule has 0 aliphatic heterocycles. The van der Waals surface area contributed by atoms with Crippen molar-refractivity contribution < 1.29 is 24.1 Å². The summed E-state index contributed by atoms with van der Waals surface area (Å²) in [6, 6.07) is 19.4. The summed E-state index contributed by atoms with van der Waals surface area (Å²) < 4.78 is 17.3. The van der Waals surface area contributed by atoms with Crippen molar-refractivity contribution in [2.75, 3.05) is 19.5 Å². The van der Waals surface area contributed by atoms with Gasteiger partial charge in [0.2, 0.25) is 0 Å². The largest absolute Gasteiger partial charge is 0.505 e. The number of H-pyrrole nitrogens is 1. The number of hydrogen-bond acceptors (Lipinski definition) is 7. The van der Waals surface area contributed by atoms with E-state index in [0.29, 0.717) is 28.5 Å². The van der Waals surface area contributed by atoms with Gasteiger partial charge in [-0.3, -0.25) is 9.59 Å². The lowest BCUT2D eigenvalue weighted by Gasteiger charge is -2.18. The van der Waals surface area contributed by atoms with Crippen LogP contribution in [-0.4, -0.2) is 35.2 Å². The fourth-order valence-electron chi connectivity index (χ4n) is 4.36. The molecule has 9 nitrogen and oxygen atoms in total. The van der Waals surface area contributed by atoms with Crippen molar-refractivity contribution in [1.82, 2.24) is 9.97 Å². The maximum atomic E-state index is 13.2. The fraction of sp³-hybridized carbons (Fsp3) is 0.138. The summed E-state index contributed by atoms with van der Waals surface area (Å²) in [6.45, 7) is 1.97. The third-order valence-corrected chi connectivity index (χ3v) is 6.21. The summed E-state index contributed by atoms with van der Waals surface area (Å²) in [5.41, 5.74) is 1.69. The van der Waals surface area contributed by atoms with Crippen LogP contribution >= 0.6 is 0 Å². The van der Waals surface area contributed by atoms with Crippen LogP contribution in [0.1, 0.15) is 21.7 Å². The SMILES string of the molecule is COc1ccc(NC(=O)c2[nH]c(=O)c3ccccc3c2O)c(OC)c1COc1cccc2ccc(C)nc12. The average molecular weight is 512 g/mol. The number of ether oxygens (including phenoxy) is 3. The molecule has 2 aromatic heterocycles. The molecule has 0 aliphatic rings. The van der Waals surface area contributed by atoms with Crippen molar-refractivity contribution in [2.45, 2.75) is 13.5 Å². The Labute approximate surface area is 217 Å². The normalized spacial score (nSPS) is 10.9. The highest BCUT2D eigenvalue weighted by molar-refractivity contribution is 6.08. The number of methoxy groups -OCH3 is 2. The van der Waals surface area contributed by atoms with Crippen LogP contribution in [0.15, 0.2) is 71.5 Å². The van der Waals surface area contributed by atoms with Crippen molar-refractivity contribution in [2.24, 2.45) is 0 Å². The number of benzene rings is 3. The molecule has 9 heteroatoms. The Bertz CT molecular complexity index is 1740. The minimum atomic E-state index is -0.714. The number of fused-ring (bicyclic) bond motifs is 2. The number of hydrogen-bond donors (Lipinski definition) is 3. The molecule has 0 saturated heterocycles. The Kier molecular flexibility index (Phi) is 6.57. The molecule has 38 heavy (non-hydrogen) atoms. The van der Waals surface area contributed by atoms with Crippen LogP contribution in [0.25, 0.3) is 21.7 Å². The summed E-state index contributed by atoms with van der Waals surface area (Å²) in [4.78, 5) is 32.7. The molecule has 5 aromatic rings. The van der Waals surface area contributed by atoms with Crippen LogP contribution < -0.4 is 25.1 Å². The minimum absolute atomic E-state index is 0.0584. The van der Waals surface area contributed by atoms with Crippen LogP contribution in [0.3, 0.4) is 0 Å². The lowest BCUT2D eigenvalue weighted by Crippen LogP contribution is -2.20. The van der Waals surface area contributed by atoms with Gasteiger partial charge >= 0.3 is 0 Å². The smallest absolute Gasteiger partial charge is 0.276 e. The zero-order valence-corrected chi connectivity index (χ0v) is 21.0. The lowest BCUT2D eigenvalue weighted by molar-refractivity contribution is 0.101. The van der Waals surface area contributed by atoms with Gasteiger partial charge in [-0.25, -0.2) is 4.98 Å². The standard InChI is InChI=1S/C29H25N3O6/c1-16-11-12-17-7-6-10-23(24(17)30-16)38-15-20-22(36-2)14-13-21(27(20)37-3)31-29(35)25-26(33)18-8-4-5-9-19(18)28(34)32-25/h4-14,33H,15H2,1-3H3,(H,31,35)(H,32,34). The van der Waals surface area contributed by atoms with Crippen molar-refractivity contribution in [3.8, 4) is 23.0 Å². The Morgan fingerprint density at radius 3 is 2.50 bits per heavy atom. The van der Waals surface area contributed by atoms with Crippen LogP contribution in [0.5, 0.6) is 23.0 Å². The second-order valence-electron chi connectivity index (χ2n) is 8.57. The molecule has 3 aromatic carbocycles. The molecule has 0 bridgehead atoms. The van der Waals surface area contributed by atoms with Gasteiger partial charge in [0.1, 0.15) is 23.6 Å². The van der Waals surface area contributed by atoms with Gasteiger partial charge in [0, 0.05) is 16.5 Å². The highest BCUT2D eigenvalue weighted by atomic mass is 16.5. The highest BCUT2D eigenvalue weighted by Gasteiger charge is 2.22. The number of aromatic hydroxyl groups is 1. The molecule has 0 fully saturated rings. The average Bonchev–Trinajstić information content (AvgIpc) is 2.93. The van der Waals surface area contributed by atoms with Gasteiger partial charge in [-0.1, -0.05) is 36.4 Å². The van der Waals surface area contributed by atoms with Gasteiger partial charge in [0.15, 0.2) is 17.2 Å². The second kappa shape index (κ2) is 10.1. The molecule has 0 aliphatic carbocycles. The molecule has 5 rings (SSSR count). The molecule has 0 radical (unpaired) electrons. The van der Waals surface area contributed by atoms with E-state index >= 15 is 0 Å². The van der Waals surface area contributed by atoms with E-state index < -0.39 is 11.5 Å². The molecule has 192 valence electrons. The molecular weight excluding hydrogens is 486 g/mol. The van der Waals surface area contributed by atoms with Gasteiger partial charge in [-0.15, -0.1) is 0 Å². The molecule has 2 heterocycles. The number of rotatable bonds is 7. The number of amides is 1. The number of carbonyl (C=O) groups is 1. The van der Waals surface area contributed by atoms with E-state index in [-0.39, 0.29) is 28.8 Å². The monoisotopic (exact) mass is 511 g/mol. The minimum Gasteiger partial charge on any atom is -0.505 e. The number of anilines is 1. The number of aryl methyl sites for hydroxylation is 1. The van der Waals surface area contributed by atoms with Gasteiger partial charge < -0.3 is 29.6 Å². The van der Waals surface area contributed by atoms with Gasteiger partial charge in [-0.05, 0) is 37.3 Å². The van der Waals surface area contributed by atoms with Crippen LogP contribution in [0, 0.1) is 6.92 Å². The van der Waals surface area contributed by atoms with Crippen molar-refractivity contribution in [1.29, 1.82) is 0 Å². The van der Waals surface area contributed by atoms with Gasteiger partial charge in [-0.2, -0.15) is 0 Å². The van der Waals surface area contributed by atoms with E-state index in [9.17, 15) is 14.7 Å². The van der Waals surface area contributed by atoms with E-state index in [1.54, 1.807) is 36.4 Å². The van der Waals surface area contributed by atoms with Gasteiger partial charge in [0.25, 0.3) is 11.5 Å². The number of aromatic nitrogens is 2. The first-order valence-corrected chi connectivity index (χ1v) is 11.8. The fourth-order valence-corrected chi connectivity index (χ4v) is 4.36. The third-order valence-electron chi connectivity index (χ3n) is 6.21. The van der Waals surface area contributed by atoms with Crippen LogP contribution in [-0.2, 0) is 6.61 Å². The number of para-hydroxylation sites is 1. The van der Waals surface area contributed by atoms with Gasteiger partial charge in [0.05, 0.1) is 30.9 Å². The molecule has 0 spiro atoms. The van der Waals surface area contributed by atoms with Crippen molar-refractivity contribution in [3.05, 3.63) is 94.0 Å². The Hall–Kier alpha value is -5.05. The molecule has 0 atom stereocenters. The number of carbonyl (C=O) groups excluding carboxylic acids is 1. The summed E-state index contributed by atoms with van der Waals surface area (Å²) >= 11 is 0. The molecule has 0 unspecified atom stereocenters. The number of aromatic amines is 1. The summed E-state index contributed by atoms with van der Waals surface area (Å²) in [6.07, 6.45) is 0. The quantitative estimate of drug-likeness (QED) is 0.283. The molecule has 0 saturated carbocycles. The van der Waals surface area contributed by atoms with E-state index in [2.05, 4.69) is 15.3 Å². The summed E-state index contributed by atoms with van der Waals surface area (Å²) in [5, 5.41) is 14.9. The first-order valence-electron chi connectivity index (χ1n) is 11.8. The van der Waals surface area contributed by atoms with E-state index in [1.807, 2.05) is 37.3 Å². The maximum Gasteiger partial charge on any atom is 0.276 e. The maximum absolute atomic E-state index is 13.2. The zero-order valence-electron chi connectivity index (χ0n) is 21.0. The van der Waals surface area contributed by atoms with Crippen molar-refractivity contribution >= 4 is 33.3 Å². The first kappa shape index (κ1) is 24.6. The molecule has 1 amide bonds. The summed E-state index contributed by atoms with van der Waals surface area (Å²) in [5.74, 6) is 0.348. The number of nitrogens with zero attached hydrogens (tertiary/aromatic N) is 1. The molecule has 3 N–H and O–H groups in total. The summed E-state index contributed by atoms with van der Waals surface area (Å²) in [7, 11) is 2.99. The van der Waals surface area contributed by atoms with Crippen LogP contribution in [0.4, 0.5) is 5.69 Å². The predicted octanol–water partition coefficient (Wildman–Crippen LogP) is 4.94. The second-order valence-corrected chi connectivity index (χ2v) is 8.57. The third kappa shape index (κ3) is 4.45. The molecular formula is C29H25N3O6.